The molecule has 1 atom stereocenters. The first kappa shape index (κ1) is 19.6. The number of likely N-dealkylation sites (N-methyl/N-ethyl adjacent to an activating group) is 1. The van der Waals surface area contributed by atoms with E-state index in [0.29, 0.717) is 17.8 Å². The molecule has 26 heavy (non-hydrogen) atoms. The van der Waals surface area contributed by atoms with E-state index in [9.17, 15) is 14.0 Å². The van der Waals surface area contributed by atoms with Gasteiger partial charge < -0.3 is 10.1 Å². The van der Waals surface area contributed by atoms with Gasteiger partial charge >= 0.3 is 0 Å². The molecule has 0 radical (unpaired) electrons. The Balaban J connectivity index is 1.98. The monoisotopic (exact) mass is 358 g/mol. The Bertz CT molecular complexity index is 790. The van der Waals surface area contributed by atoms with Gasteiger partial charge in [-0.2, -0.15) is 0 Å². The van der Waals surface area contributed by atoms with Crippen LogP contribution in [-0.2, 0) is 11.3 Å². The fourth-order valence-electron chi connectivity index (χ4n) is 2.47. The second-order valence-corrected chi connectivity index (χ2v) is 6.18. The summed E-state index contributed by atoms with van der Waals surface area (Å²) in [5, 5.41) is 2.82. The van der Waals surface area contributed by atoms with Crippen LogP contribution in [0.2, 0.25) is 0 Å². The van der Waals surface area contributed by atoms with Crippen molar-refractivity contribution in [2.45, 2.75) is 26.4 Å². The second kappa shape index (κ2) is 8.58. The SMILES string of the molecule is COc1ccc(CN(C)C(C)C(=O)Nc2ccc(C(C)=O)cc2)cc1F. The molecule has 0 saturated carbocycles. The lowest BCUT2D eigenvalue weighted by Crippen LogP contribution is -2.39. The highest BCUT2D eigenvalue weighted by atomic mass is 19.1. The number of benzene rings is 2. The first-order valence-electron chi connectivity index (χ1n) is 8.26. The Hall–Kier alpha value is -2.73. The van der Waals surface area contributed by atoms with Crippen LogP contribution < -0.4 is 10.1 Å². The van der Waals surface area contributed by atoms with Crippen LogP contribution in [0, 0.1) is 5.82 Å². The highest BCUT2D eigenvalue weighted by molar-refractivity contribution is 5.96. The minimum Gasteiger partial charge on any atom is -0.494 e. The van der Waals surface area contributed by atoms with Gasteiger partial charge in [0.1, 0.15) is 0 Å². The highest BCUT2D eigenvalue weighted by Gasteiger charge is 2.19. The van der Waals surface area contributed by atoms with Gasteiger partial charge in [0.2, 0.25) is 5.91 Å². The lowest BCUT2D eigenvalue weighted by atomic mass is 10.1. The molecular formula is C20H23FN2O3. The largest absolute Gasteiger partial charge is 0.494 e. The Morgan fingerprint density at radius 1 is 1.19 bits per heavy atom. The standard InChI is InChI=1S/C20H23FN2O3/c1-13(20(25)22-17-8-6-16(7-9-17)14(2)24)23(3)12-15-5-10-19(26-4)18(21)11-15/h5-11,13H,12H2,1-4H3,(H,22,25). The highest BCUT2D eigenvalue weighted by Crippen LogP contribution is 2.19. The summed E-state index contributed by atoms with van der Waals surface area (Å²) in [5.74, 6) is -0.447. The summed E-state index contributed by atoms with van der Waals surface area (Å²) in [6, 6.07) is 11.1. The van der Waals surface area contributed by atoms with E-state index in [2.05, 4.69) is 5.32 Å². The summed E-state index contributed by atoms with van der Waals surface area (Å²) in [7, 11) is 3.21. The van der Waals surface area contributed by atoms with Crippen LogP contribution in [0.5, 0.6) is 5.75 Å². The molecule has 0 aliphatic heterocycles. The fourth-order valence-corrected chi connectivity index (χ4v) is 2.47. The predicted molar refractivity (Wildman–Crippen MR) is 99.0 cm³/mol. The summed E-state index contributed by atoms with van der Waals surface area (Å²) in [6.45, 7) is 3.69. The summed E-state index contributed by atoms with van der Waals surface area (Å²) >= 11 is 0. The molecule has 1 N–H and O–H groups in total. The predicted octanol–water partition coefficient (Wildman–Crippen LogP) is 3.50. The molecule has 0 aliphatic rings. The van der Waals surface area contributed by atoms with Gasteiger partial charge in [0, 0.05) is 17.8 Å². The van der Waals surface area contributed by atoms with Crippen molar-refractivity contribution >= 4 is 17.4 Å². The normalized spacial score (nSPS) is 11.9. The molecule has 0 bridgehead atoms. The number of hydrogen-bond acceptors (Lipinski definition) is 4. The van der Waals surface area contributed by atoms with Gasteiger partial charge in [-0.3, -0.25) is 14.5 Å². The van der Waals surface area contributed by atoms with E-state index in [-0.39, 0.29) is 17.4 Å². The molecule has 6 heteroatoms. The third kappa shape index (κ3) is 4.89. The Kier molecular flexibility index (Phi) is 6.46. The zero-order valence-electron chi connectivity index (χ0n) is 15.4. The maximum atomic E-state index is 13.8. The number of ether oxygens (including phenoxy) is 1. The number of hydrogen-bond donors (Lipinski definition) is 1. The van der Waals surface area contributed by atoms with Gasteiger partial charge in [-0.05, 0) is 62.9 Å². The molecule has 2 aromatic rings. The first-order valence-corrected chi connectivity index (χ1v) is 8.26. The Morgan fingerprint density at radius 3 is 2.38 bits per heavy atom. The molecule has 0 spiro atoms. The van der Waals surface area contributed by atoms with Crippen LogP contribution in [0.15, 0.2) is 42.5 Å². The van der Waals surface area contributed by atoms with Crippen LogP contribution in [-0.4, -0.2) is 36.8 Å². The zero-order chi connectivity index (χ0) is 19.3. The first-order chi connectivity index (χ1) is 12.3. The molecule has 138 valence electrons. The van der Waals surface area contributed by atoms with Gasteiger partial charge in [-0.25, -0.2) is 4.39 Å². The van der Waals surface area contributed by atoms with Gasteiger partial charge in [-0.1, -0.05) is 6.07 Å². The Labute approximate surface area is 152 Å². The number of ketones is 1. The van der Waals surface area contributed by atoms with Crippen molar-refractivity contribution in [3.63, 3.8) is 0 Å². The molecule has 0 heterocycles. The van der Waals surface area contributed by atoms with Crippen molar-refractivity contribution in [1.82, 2.24) is 4.90 Å². The lowest BCUT2D eigenvalue weighted by molar-refractivity contribution is -0.120. The third-order valence-corrected chi connectivity index (χ3v) is 4.25. The summed E-state index contributed by atoms with van der Waals surface area (Å²) < 4.78 is 18.7. The van der Waals surface area contributed by atoms with E-state index in [1.54, 1.807) is 50.4 Å². The van der Waals surface area contributed by atoms with Crippen molar-refractivity contribution < 1.29 is 18.7 Å². The van der Waals surface area contributed by atoms with Crippen molar-refractivity contribution in [2.24, 2.45) is 0 Å². The van der Waals surface area contributed by atoms with Gasteiger partial charge in [-0.15, -0.1) is 0 Å². The van der Waals surface area contributed by atoms with Crippen molar-refractivity contribution in [3.05, 3.63) is 59.4 Å². The van der Waals surface area contributed by atoms with E-state index in [1.807, 2.05) is 4.90 Å². The second-order valence-electron chi connectivity index (χ2n) is 6.18. The maximum Gasteiger partial charge on any atom is 0.241 e. The number of Topliss-reactive ketones (excluding diaryl/α,β-unsaturated/α-hetero) is 1. The van der Waals surface area contributed by atoms with Crippen LogP contribution >= 0.6 is 0 Å². The minimum atomic E-state index is -0.430. The summed E-state index contributed by atoms with van der Waals surface area (Å²) in [4.78, 5) is 25.5. The van der Waals surface area contributed by atoms with Crippen LogP contribution in [0.4, 0.5) is 10.1 Å². The topological polar surface area (TPSA) is 58.6 Å². The van der Waals surface area contributed by atoms with Crippen LogP contribution in [0.25, 0.3) is 0 Å². The zero-order valence-corrected chi connectivity index (χ0v) is 15.4. The Morgan fingerprint density at radius 2 is 1.85 bits per heavy atom. The van der Waals surface area contributed by atoms with Gasteiger partial charge in [0.05, 0.1) is 13.2 Å². The van der Waals surface area contributed by atoms with Crippen molar-refractivity contribution in [1.29, 1.82) is 0 Å². The number of nitrogens with one attached hydrogen (secondary N) is 1. The smallest absolute Gasteiger partial charge is 0.241 e. The maximum absolute atomic E-state index is 13.8. The number of rotatable bonds is 7. The molecule has 2 rings (SSSR count). The number of anilines is 1. The number of carbonyl (C=O) groups excluding carboxylic acids is 2. The average Bonchev–Trinajstić information content (AvgIpc) is 2.61. The van der Waals surface area contributed by atoms with Gasteiger partial charge in [0.15, 0.2) is 17.3 Å². The molecule has 2 aromatic carbocycles. The number of methoxy groups -OCH3 is 1. The molecule has 0 aromatic heterocycles. The summed E-state index contributed by atoms with van der Waals surface area (Å²) in [5.41, 5.74) is 1.96. The molecule has 0 fully saturated rings. The van der Waals surface area contributed by atoms with E-state index < -0.39 is 11.9 Å². The van der Waals surface area contributed by atoms with E-state index in [1.165, 1.54) is 20.1 Å². The van der Waals surface area contributed by atoms with E-state index in [4.69, 9.17) is 4.74 Å². The molecule has 0 aliphatic carbocycles. The number of nitrogens with zero attached hydrogens (tertiary/aromatic N) is 1. The minimum absolute atomic E-state index is 0.0253. The summed E-state index contributed by atoms with van der Waals surface area (Å²) in [6.07, 6.45) is 0. The lowest BCUT2D eigenvalue weighted by Gasteiger charge is -2.24. The van der Waals surface area contributed by atoms with Crippen molar-refractivity contribution in [2.75, 3.05) is 19.5 Å². The number of carbonyl (C=O) groups is 2. The van der Waals surface area contributed by atoms with Crippen LogP contribution in [0.1, 0.15) is 29.8 Å². The molecule has 1 amide bonds. The molecule has 0 saturated heterocycles. The van der Waals surface area contributed by atoms with E-state index in [0.717, 1.165) is 5.56 Å². The molecule has 1 unspecified atom stereocenters. The van der Waals surface area contributed by atoms with Crippen molar-refractivity contribution in [3.8, 4) is 5.75 Å². The average molecular weight is 358 g/mol. The van der Waals surface area contributed by atoms with Crippen LogP contribution in [0.3, 0.4) is 0 Å². The van der Waals surface area contributed by atoms with E-state index >= 15 is 0 Å². The third-order valence-electron chi connectivity index (χ3n) is 4.25. The molecule has 5 nitrogen and oxygen atoms in total. The number of amides is 1. The van der Waals surface area contributed by atoms with Gasteiger partial charge in [0.25, 0.3) is 0 Å². The quantitative estimate of drug-likeness (QED) is 0.770. The fraction of sp³-hybridized carbons (Fsp3) is 0.300. The molecular weight excluding hydrogens is 335 g/mol. The number of halogens is 1.